The van der Waals surface area contributed by atoms with E-state index in [2.05, 4.69) is 16.7 Å². The zero-order chi connectivity index (χ0) is 17.6. The van der Waals surface area contributed by atoms with Gasteiger partial charge in [0.05, 0.1) is 11.8 Å². The second kappa shape index (κ2) is 8.58. The molecule has 2 aliphatic rings. The molecule has 1 aromatic carbocycles. The molecule has 136 valence electrons. The van der Waals surface area contributed by atoms with E-state index in [9.17, 15) is 13.2 Å². The average Bonchev–Trinajstić information content (AvgIpc) is 3.04. The first-order valence-electron chi connectivity index (χ1n) is 8.31. The van der Waals surface area contributed by atoms with Gasteiger partial charge in [0.25, 0.3) is 0 Å². The van der Waals surface area contributed by atoms with Crippen molar-refractivity contribution >= 4 is 5.69 Å². The van der Waals surface area contributed by atoms with E-state index in [4.69, 9.17) is 5.11 Å². The molecule has 3 rings (SSSR count). The smallest absolute Gasteiger partial charge is 0.404 e. The van der Waals surface area contributed by atoms with E-state index < -0.39 is 6.36 Å². The van der Waals surface area contributed by atoms with Crippen molar-refractivity contribution in [3.8, 4) is 5.75 Å². The third kappa shape index (κ3) is 6.20. The molecular weight excluding hydrogens is 321 g/mol. The van der Waals surface area contributed by atoms with Gasteiger partial charge in [0, 0.05) is 26.2 Å². The number of alkyl halides is 3. The zero-order valence-electron chi connectivity index (χ0n) is 13.9. The number of likely N-dealkylation sites (tertiary alicyclic amines) is 1. The van der Waals surface area contributed by atoms with Crippen molar-refractivity contribution in [2.75, 3.05) is 38.1 Å². The number of aliphatic hydroxyl groups is 1. The summed E-state index contributed by atoms with van der Waals surface area (Å²) < 4.78 is 40.5. The van der Waals surface area contributed by atoms with E-state index in [1.165, 1.54) is 6.07 Å². The minimum Gasteiger partial charge on any atom is -0.404 e. The van der Waals surface area contributed by atoms with Gasteiger partial charge in [0.1, 0.15) is 0 Å². The molecule has 0 aliphatic carbocycles. The molecule has 2 saturated heterocycles. The van der Waals surface area contributed by atoms with Gasteiger partial charge in [-0.1, -0.05) is 12.1 Å². The van der Waals surface area contributed by atoms with Crippen molar-refractivity contribution < 1.29 is 23.0 Å². The maximum atomic E-state index is 12.2. The van der Waals surface area contributed by atoms with Crippen LogP contribution in [-0.2, 0) is 0 Å². The third-order valence-electron chi connectivity index (χ3n) is 4.23. The van der Waals surface area contributed by atoms with Gasteiger partial charge in [-0.25, -0.2) is 0 Å². The Labute approximate surface area is 140 Å². The Morgan fingerprint density at radius 3 is 2.17 bits per heavy atom. The first-order chi connectivity index (χ1) is 11.3. The Morgan fingerprint density at radius 2 is 1.62 bits per heavy atom. The normalized spacial score (nSPS) is 19.8. The summed E-state index contributed by atoms with van der Waals surface area (Å²) in [4.78, 5) is 4.16. The SMILES string of the molecule is CN1CCC(O)CC1.FC(F)(F)Oc1ccccc1N1CCCC1. The molecule has 0 amide bonds. The maximum Gasteiger partial charge on any atom is 0.573 e. The summed E-state index contributed by atoms with van der Waals surface area (Å²) in [6.07, 6.45) is -0.713. The number of nitrogens with zero attached hydrogens (tertiary/aromatic N) is 2. The minimum atomic E-state index is -4.63. The first kappa shape index (κ1) is 18.9. The summed E-state index contributed by atoms with van der Waals surface area (Å²) in [6, 6.07) is 6.27. The fourth-order valence-electron chi connectivity index (χ4n) is 2.88. The van der Waals surface area contributed by atoms with Crippen LogP contribution in [0.25, 0.3) is 0 Å². The molecular formula is C17H25F3N2O2. The molecule has 0 aromatic heterocycles. The van der Waals surface area contributed by atoms with Crippen LogP contribution in [0.4, 0.5) is 18.9 Å². The summed E-state index contributed by atoms with van der Waals surface area (Å²) in [6.45, 7) is 3.69. The molecule has 7 heteroatoms. The highest BCUT2D eigenvalue weighted by Gasteiger charge is 2.32. The van der Waals surface area contributed by atoms with E-state index in [0.717, 1.165) is 51.9 Å². The summed E-state index contributed by atoms with van der Waals surface area (Å²) in [5.74, 6) is -0.114. The van der Waals surface area contributed by atoms with E-state index in [1.807, 2.05) is 4.90 Å². The highest BCUT2D eigenvalue weighted by atomic mass is 19.4. The number of benzene rings is 1. The second-order valence-electron chi connectivity index (χ2n) is 6.24. The number of piperidine rings is 1. The van der Waals surface area contributed by atoms with Crippen LogP contribution in [0.15, 0.2) is 24.3 Å². The van der Waals surface area contributed by atoms with Gasteiger partial charge in [-0.15, -0.1) is 13.2 Å². The molecule has 0 radical (unpaired) electrons. The highest BCUT2D eigenvalue weighted by Crippen LogP contribution is 2.34. The lowest BCUT2D eigenvalue weighted by atomic mass is 10.1. The fraction of sp³-hybridized carbons (Fsp3) is 0.647. The average molecular weight is 346 g/mol. The lowest BCUT2D eigenvalue weighted by Crippen LogP contribution is -2.32. The van der Waals surface area contributed by atoms with E-state index in [1.54, 1.807) is 18.2 Å². The number of aliphatic hydroxyl groups excluding tert-OH is 1. The number of halogens is 3. The topological polar surface area (TPSA) is 35.9 Å². The van der Waals surface area contributed by atoms with Crippen molar-refractivity contribution in [1.29, 1.82) is 0 Å². The minimum absolute atomic E-state index is 0.0220. The summed E-state index contributed by atoms with van der Waals surface area (Å²) in [5, 5.41) is 9.00. The lowest BCUT2D eigenvalue weighted by molar-refractivity contribution is -0.274. The quantitative estimate of drug-likeness (QED) is 0.892. The molecule has 0 unspecified atom stereocenters. The zero-order valence-corrected chi connectivity index (χ0v) is 13.9. The predicted molar refractivity (Wildman–Crippen MR) is 87.3 cm³/mol. The fourth-order valence-corrected chi connectivity index (χ4v) is 2.88. The Balaban J connectivity index is 0.000000219. The number of hydrogen-bond acceptors (Lipinski definition) is 4. The standard InChI is InChI=1S/C11H12F3NO.C6H13NO/c12-11(13,14)16-10-6-2-1-5-9(10)15-7-3-4-8-15;1-7-4-2-6(8)3-5-7/h1-2,5-6H,3-4,7-8H2;6,8H,2-5H2,1H3. The molecule has 4 nitrogen and oxygen atoms in total. The van der Waals surface area contributed by atoms with Gasteiger partial charge >= 0.3 is 6.36 Å². The van der Waals surface area contributed by atoms with E-state index in [0.29, 0.717) is 5.69 Å². The maximum absolute atomic E-state index is 12.2. The monoisotopic (exact) mass is 346 g/mol. The van der Waals surface area contributed by atoms with Crippen LogP contribution in [0.1, 0.15) is 25.7 Å². The second-order valence-corrected chi connectivity index (χ2v) is 6.24. The van der Waals surface area contributed by atoms with Crippen LogP contribution in [0.2, 0.25) is 0 Å². The summed E-state index contributed by atoms with van der Waals surface area (Å²) >= 11 is 0. The number of rotatable bonds is 2. The molecule has 24 heavy (non-hydrogen) atoms. The van der Waals surface area contributed by atoms with E-state index >= 15 is 0 Å². The van der Waals surface area contributed by atoms with Crippen LogP contribution in [-0.4, -0.2) is 55.7 Å². The van der Waals surface area contributed by atoms with Crippen LogP contribution in [0.5, 0.6) is 5.75 Å². The van der Waals surface area contributed by atoms with Crippen molar-refractivity contribution in [2.45, 2.75) is 38.1 Å². The Bertz CT molecular complexity index is 487. The van der Waals surface area contributed by atoms with Gasteiger partial charge in [-0.3, -0.25) is 0 Å². The third-order valence-corrected chi connectivity index (χ3v) is 4.23. The number of para-hydroxylation sites is 2. The largest absolute Gasteiger partial charge is 0.573 e. The van der Waals surface area contributed by atoms with Crippen molar-refractivity contribution in [1.82, 2.24) is 4.90 Å². The van der Waals surface area contributed by atoms with Crippen molar-refractivity contribution in [3.63, 3.8) is 0 Å². The summed E-state index contributed by atoms with van der Waals surface area (Å²) in [7, 11) is 2.09. The van der Waals surface area contributed by atoms with Crippen molar-refractivity contribution in [3.05, 3.63) is 24.3 Å². The molecule has 1 aromatic rings. The molecule has 2 heterocycles. The van der Waals surface area contributed by atoms with Gasteiger partial charge in [0.15, 0.2) is 5.75 Å². The number of anilines is 1. The van der Waals surface area contributed by atoms with Crippen LogP contribution >= 0.6 is 0 Å². The Morgan fingerprint density at radius 1 is 1.04 bits per heavy atom. The molecule has 1 N–H and O–H groups in total. The highest BCUT2D eigenvalue weighted by molar-refractivity contribution is 5.58. The lowest BCUT2D eigenvalue weighted by Gasteiger charge is -2.25. The first-order valence-corrected chi connectivity index (χ1v) is 8.31. The predicted octanol–water partition coefficient (Wildman–Crippen LogP) is 3.26. The molecule has 0 bridgehead atoms. The molecule has 0 spiro atoms. The van der Waals surface area contributed by atoms with Crippen LogP contribution in [0, 0.1) is 0 Å². The van der Waals surface area contributed by atoms with Crippen molar-refractivity contribution in [2.24, 2.45) is 0 Å². The van der Waals surface area contributed by atoms with Gasteiger partial charge in [0.2, 0.25) is 0 Å². The van der Waals surface area contributed by atoms with Crippen LogP contribution in [0.3, 0.4) is 0 Å². The van der Waals surface area contributed by atoms with E-state index in [-0.39, 0.29) is 11.9 Å². The van der Waals surface area contributed by atoms with Crippen LogP contribution < -0.4 is 9.64 Å². The van der Waals surface area contributed by atoms with Gasteiger partial charge in [-0.2, -0.15) is 0 Å². The number of hydrogen-bond donors (Lipinski definition) is 1. The molecule has 2 fully saturated rings. The summed E-state index contributed by atoms with van der Waals surface area (Å²) in [5.41, 5.74) is 0.525. The number of ether oxygens (including phenoxy) is 1. The molecule has 0 atom stereocenters. The Hall–Kier alpha value is -1.47. The molecule has 2 aliphatic heterocycles. The van der Waals surface area contributed by atoms with Gasteiger partial charge < -0.3 is 19.6 Å². The molecule has 0 saturated carbocycles. The van der Waals surface area contributed by atoms with Gasteiger partial charge in [-0.05, 0) is 44.9 Å². The Kier molecular flexibility index (Phi) is 6.74.